The van der Waals surface area contributed by atoms with E-state index in [2.05, 4.69) is 24.1 Å². The van der Waals surface area contributed by atoms with Crippen LogP contribution in [0.25, 0.3) is 0 Å². The van der Waals surface area contributed by atoms with Gasteiger partial charge in [0.25, 0.3) is 5.91 Å². The van der Waals surface area contributed by atoms with Crippen LogP contribution in [0.4, 0.5) is 5.69 Å². The standard InChI is InChI=1S/C17H20N2O/c1-11(2)14-5-7-15(8-6-14)19-17(20)16-9-10-18-13(4)12(16)3/h5-11H,1-4H3,(H,19,20). The van der Waals surface area contributed by atoms with E-state index in [9.17, 15) is 4.79 Å². The average Bonchev–Trinajstić information content (AvgIpc) is 2.42. The lowest BCUT2D eigenvalue weighted by molar-refractivity contribution is 0.102. The van der Waals surface area contributed by atoms with Gasteiger partial charge >= 0.3 is 0 Å². The molecule has 0 radical (unpaired) electrons. The number of aromatic nitrogens is 1. The Morgan fingerprint density at radius 3 is 2.35 bits per heavy atom. The van der Waals surface area contributed by atoms with E-state index in [1.807, 2.05) is 38.1 Å². The SMILES string of the molecule is Cc1nccc(C(=O)Nc2ccc(C(C)C)cc2)c1C. The summed E-state index contributed by atoms with van der Waals surface area (Å²) >= 11 is 0. The summed E-state index contributed by atoms with van der Waals surface area (Å²) in [7, 11) is 0. The second-order valence-electron chi connectivity index (χ2n) is 5.30. The molecule has 104 valence electrons. The second kappa shape index (κ2) is 5.87. The molecule has 0 atom stereocenters. The summed E-state index contributed by atoms with van der Waals surface area (Å²) in [6.45, 7) is 8.12. The normalized spacial score (nSPS) is 10.7. The molecule has 1 aromatic carbocycles. The molecule has 0 spiro atoms. The molecule has 0 aliphatic carbocycles. The Hall–Kier alpha value is -2.16. The summed E-state index contributed by atoms with van der Waals surface area (Å²) < 4.78 is 0. The van der Waals surface area contributed by atoms with Crippen LogP contribution in [0.3, 0.4) is 0 Å². The van der Waals surface area contributed by atoms with Gasteiger partial charge in [-0.3, -0.25) is 9.78 Å². The fourth-order valence-corrected chi connectivity index (χ4v) is 2.04. The molecule has 20 heavy (non-hydrogen) atoms. The number of carbonyl (C=O) groups excluding carboxylic acids is 1. The number of rotatable bonds is 3. The van der Waals surface area contributed by atoms with Gasteiger partial charge in [-0.05, 0) is 49.1 Å². The van der Waals surface area contributed by atoms with Gasteiger partial charge in [0.15, 0.2) is 0 Å². The van der Waals surface area contributed by atoms with Crippen LogP contribution in [0.15, 0.2) is 36.5 Å². The summed E-state index contributed by atoms with van der Waals surface area (Å²) in [4.78, 5) is 16.4. The number of nitrogens with one attached hydrogen (secondary N) is 1. The molecular formula is C17H20N2O. The summed E-state index contributed by atoms with van der Waals surface area (Å²) in [6, 6.07) is 9.73. The van der Waals surface area contributed by atoms with Crippen LogP contribution in [0, 0.1) is 13.8 Å². The van der Waals surface area contributed by atoms with Crippen molar-refractivity contribution in [3.63, 3.8) is 0 Å². The van der Waals surface area contributed by atoms with Crippen molar-refractivity contribution in [3.05, 3.63) is 58.9 Å². The van der Waals surface area contributed by atoms with Gasteiger partial charge in [0.05, 0.1) is 0 Å². The molecule has 0 saturated heterocycles. The Morgan fingerprint density at radius 2 is 1.75 bits per heavy atom. The highest BCUT2D eigenvalue weighted by atomic mass is 16.1. The van der Waals surface area contributed by atoms with Gasteiger partial charge in [-0.1, -0.05) is 26.0 Å². The van der Waals surface area contributed by atoms with Crippen molar-refractivity contribution in [2.45, 2.75) is 33.6 Å². The smallest absolute Gasteiger partial charge is 0.256 e. The van der Waals surface area contributed by atoms with E-state index in [-0.39, 0.29) is 5.91 Å². The van der Waals surface area contributed by atoms with E-state index in [1.165, 1.54) is 5.56 Å². The fourth-order valence-electron chi connectivity index (χ4n) is 2.04. The highest BCUT2D eigenvalue weighted by Crippen LogP contribution is 2.18. The topological polar surface area (TPSA) is 42.0 Å². The lowest BCUT2D eigenvalue weighted by Gasteiger charge is -2.10. The zero-order valence-electron chi connectivity index (χ0n) is 12.4. The first-order valence-electron chi connectivity index (χ1n) is 6.82. The number of nitrogens with zero attached hydrogens (tertiary/aromatic N) is 1. The molecule has 1 N–H and O–H groups in total. The number of aryl methyl sites for hydroxylation is 1. The predicted octanol–water partition coefficient (Wildman–Crippen LogP) is 4.07. The minimum Gasteiger partial charge on any atom is -0.322 e. The zero-order valence-corrected chi connectivity index (χ0v) is 12.4. The fraction of sp³-hybridized carbons (Fsp3) is 0.294. The largest absolute Gasteiger partial charge is 0.322 e. The number of hydrogen-bond donors (Lipinski definition) is 1. The van der Waals surface area contributed by atoms with Crippen LogP contribution in [0.5, 0.6) is 0 Å². The summed E-state index contributed by atoms with van der Waals surface area (Å²) in [5.41, 5.74) is 4.55. The molecule has 0 bridgehead atoms. The average molecular weight is 268 g/mol. The van der Waals surface area contributed by atoms with E-state index in [4.69, 9.17) is 0 Å². The van der Waals surface area contributed by atoms with Gasteiger partial charge in [0, 0.05) is 23.1 Å². The molecule has 3 heteroatoms. The van der Waals surface area contributed by atoms with Gasteiger partial charge in [0.1, 0.15) is 0 Å². The van der Waals surface area contributed by atoms with Crippen LogP contribution in [0.1, 0.15) is 46.9 Å². The molecular weight excluding hydrogens is 248 g/mol. The summed E-state index contributed by atoms with van der Waals surface area (Å²) in [5, 5.41) is 2.93. The molecule has 0 fully saturated rings. The molecule has 0 aliphatic rings. The third-order valence-electron chi connectivity index (χ3n) is 3.54. The van der Waals surface area contributed by atoms with E-state index in [0.717, 1.165) is 16.9 Å². The first-order valence-corrected chi connectivity index (χ1v) is 6.82. The molecule has 1 aromatic heterocycles. The number of pyridine rings is 1. The number of anilines is 1. The minimum absolute atomic E-state index is 0.0923. The minimum atomic E-state index is -0.0923. The number of amides is 1. The second-order valence-corrected chi connectivity index (χ2v) is 5.30. The van der Waals surface area contributed by atoms with Crippen molar-refractivity contribution in [2.24, 2.45) is 0 Å². The van der Waals surface area contributed by atoms with Gasteiger partial charge in [-0.25, -0.2) is 0 Å². The Morgan fingerprint density at radius 1 is 1.10 bits per heavy atom. The Kier molecular flexibility index (Phi) is 4.18. The molecule has 1 heterocycles. The molecule has 2 aromatic rings. The highest BCUT2D eigenvalue weighted by molar-refractivity contribution is 6.05. The van der Waals surface area contributed by atoms with Crippen molar-refractivity contribution >= 4 is 11.6 Å². The maximum absolute atomic E-state index is 12.3. The number of hydrogen-bond acceptors (Lipinski definition) is 2. The molecule has 1 amide bonds. The van der Waals surface area contributed by atoms with E-state index < -0.39 is 0 Å². The van der Waals surface area contributed by atoms with Crippen molar-refractivity contribution in [1.29, 1.82) is 0 Å². The van der Waals surface area contributed by atoms with Crippen LogP contribution in [-0.4, -0.2) is 10.9 Å². The van der Waals surface area contributed by atoms with E-state index in [1.54, 1.807) is 12.3 Å². The third kappa shape index (κ3) is 3.05. The molecule has 2 rings (SSSR count). The van der Waals surface area contributed by atoms with Crippen molar-refractivity contribution in [3.8, 4) is 0 Å². The quantitative estimate of drug-likeness (QED) is 0.911. The summed E-state index contributed by atoms with van der Waals surface area (Å²) in [6.07, 6.45) is 1.67. The van der Waals surface area contributed by atoms with Crippen molar-refractivity contribution in [2.75, 3.05) is 5.32 Å². The number of carbonyl (C=O) groups is 1. The molecule has 3 nitrogen and oxygen atoms in total. The number of benzene rings is 1. The van der Waals surface area contributed by atoms with Gasteiger partial charge in [-0.15, -0.1) is 0 Å². The van der Waals surface area contributed by atoms with Crippen LogP contribution >= 0.6 is 0 Å². The van der Waals surface area contributed by atoms with Crippen LogP contribution in [0.2, 0.25) is 0 Å². The monoisotopic (exact) mass is 268 g/mol. The van der Waals surface area contributed by atoms with Gasteiger partial charge in [-0.2, -0.15) is 0 Å². The predicted molar refractivity (Wildman–Crippen MR) is 82.2 cm³/mol. The van der Waals surface area contributed by atoms with Crippen LogP contribution in [-0.2, 0) is 0 Å². The Bertz CT molecular complexity index is 615. The lowest BCUT2D eigenvalue weighted by Crippen LogP contribution is -2.14. The molecule has 0 aliphatic heterocycles. The first kappa shape index (κ1) is 14.3. The zero-order chi connectivity index (χ0) is 14.7. The van der Waals surface area contributed by atoms with Crippen LogP contribution < -0.4 is 5.32 Å². The van der Waals surface area contributed by atoms with Gasteiger partial charge in [0.2, 0.25) is 0 Å². The lowest BCUT2D eigenvalue weighted by atomic mass is 10.0. The van der Waals surface area contributed by atoms with E-state index in [0.29, 0.717) is 11.5 Å². The maximum atomic E-state index is 12.3. The Labute approximate surface area is 120 Å². The van der Waals surface area contributed by atoms with Crippen molar-refractivity contribution < 1.29 is 4.79 Å². The van der Waals surface area contributed by atoms with Gasteiger partial charge < -0.3 is 5.32 Å². The highest BCUT2D eigenvalue weighted by Gasteiger charge is 2.11. The van der Waals surface area contributed by atoms with E-state index >= 15 is 0 Å². The third-order valence-corrected chi connectivity index (χ3v) is 3.54. The van der Waals surface area contributed by atoms with Crippen molar-refractivity contribution in [1.82, 2.24) is 4.98 Å². The first-order chi connectivity index (χ1) is 9.49. The Balaban J connectivity index is 2.17. The molecule has 0 saturated carbocycles. The maximum Gasteiger partial charge on any atom is 0.256 e. The molecule has 0 unspecified atom stereocenters. The summed E-state index contributed by atoms with van der Waals surface area (Å²) in [5.74, 6) is 0.398.